The SMILES string of the molecule is C[C@H](c1ccccc1)N1CC[C@H]2CCC[C@H]21.C[C@H](c1ccccc1)N1CC[C@H]2CN(C(=O)C(F)(F)F)C[C@H]21.[HH]. The van der Waals surface area contributed by atoms with Gasteiger partial charge in [-0.3, -0.25) is 14.6 Å². The minimum atomic E-state index is -4.77. The first-order valence-electron chi connectivity index (χ1n) is 14.2. The number of benzene rings is 2. The molecule has 2 aromatic rings. The Morgan fingerprint density at radius 1 is 0.763 bits per heavy atom. The molecule has 1 aliphatic carbocycles. The van der Waals surface area contributed by atoms with Crippen LogP contribution in [0.5, 0.6) is 0 Å². The quantitative estimate of drug-likeness (QED) is 0.440. The van der Waals surface area contributed by atoms with E-state index < -0.39 is 12.1 Å². The Hall–Kier alpha value is -2.38. The van der Waals surface area contributed by atoms with Gasteiger partial charge in [0.1, 0.15) is 0 Å². The van der Waals surface area contributed by atoms with Crippen molar-refractivity contribution in [3.63, 3.8) is 0 Å². The van der Waals surface area contributed by atoms with Crippen molar-refractivity contribution in [2.45, 2.75) is 76.3 Å². The van der Waals surface area contributed by atoms with Crippen molar-refractivity contribution < 1.29 is 19.4 Å². The van der Waals surface area contributed by atoms with Gasteiger partial charge in [0.2, 0.25) is 0 Å². The van der Waals surface area contributed by atoms with E-state index in [2.05, 4.69) is 54.0 Å². The number of likely N-dealkylation sites (tertiary alicyclic amines) is 3. The maximum Gasteiger partial charge on any atom is 0.471 e. The van der Waals surface area contributed by atoms with Gasteiger partial charge < -0.3 is 4.90 Å². The lowest BCUT2D eigenvalue weighted by Crippen LogP contribution is -2.43. The first kappa shape index (κ1) is 27.2. The monoisotopic (exact) mass is 529 g/mol. The van der Waals surface area contributed by atoms with Gasteiger partial charge in [0.05, 0.1) is 0 Å². The van der Waals surface area contributed by atoms with Crippen LogP contribution in [0.15, 0.2) is 60.7 Å². The zero-order valence-corrected chi connectivity index (χ0v) is 22.5. The normalized spacial score (nSPS) is 28.9. The van der Waals surface area contributed by atoms with Gasteiger partial charge in [-0.15, -0.1) is 0 Å². The zero-order valence-electron chi connectivity index (χ0n) is 22.5. The number of nitrogens with zero attached hydrogens (tertiary/aromatic N) is 3. The third-order valence-corrected chi connectivity index (χ3v) is 9.48. The molecule has 0 radical (unpaired) electrons. The molecule has 4 aliphatic rings. The average molecular weight is 530 g/mol. The van der Waals surface area contributed by atoms with Crippen LogP contribution in [0.1, 0.15) is 70.6 Å². The van der Waals surface area contributed by atoms with Crippen LogP contribution in [0.25, 0.3) is 0 Å². The van der Waals surface area contributed by atoms with Crippen molar-refractivity contribution in [2.24, 2.45) is 11.8 Å². The van der Waals surface area contributed by atoms with Gasteiger partial charge in [0, 0.05) is 38.7 Å². The molecule has 1 amide bonds. The molecular formula is C31H42F3N3O. The first-order valence-corrected chi connectivity index (χ1v) is 14.2. The Labute approximate surface area is 226 Å². The number of amides is 1. The molecule has 4 nitrogen and oxygen atoms in total. The van der Waals surface area contributed by atoms with Crippen molar-refractivity contribution in [1.82, 2.24) is 14.7 Å². The lowest BCUT2D eigenvalue weighted by atomic mass is 10.0. The van der Waals surface area contributed by atoms with E-state index in [4.69, 9.17) is 0 Å². The number of hydrogen-bond acceptors (Lipinski definition) is 3. The standard InChI is InChI=1S/C16H19F3N2O.C15H21N.H2/c1-11(12-5-3-2-4-6-12)21-8-7-13-9-20(10-14(13)21)15(22)16(17,18)19;1-12(13-6-3-2-4-7-13)16-11-10-14-8-5-9-15(14)16;/h2-6,11,13-14H,7-10H2,1H3;2-4,6-7,12,14-15H,5,8-11H2,1H3;1H/t11-,13+,14-;12-,14-,15-;/m11./s1. The van der Waals surface area contributed by atoms with Crippen molar-refractivity contribution in [3.05, 3.63) is 71.8 Å². The largest absolute Gasteiger partial charge is 0.471 e. The highest BCUT2D eigenvalue weighted by Gasteiger charge is 2.50. The predicted octanol–water partition coefficient (Wildman–Crippen LogP) is 6.71. The summed E-state index contributed by atoms with van der Waals surface area (Å²) in [4.78, 5) is 17.4. The number of fused-ring (bicyclic) bond motifs is 2. The summed E-state index contributed by atoms with van der Waals surface area (Å²) >= 11 is 0. The van der Waals surface area contributed by atoms with E-state index in [1.165, 1.54) is 37.8 Å². The summed E-state index contributed by atoms with van der Waals surface area (Å²) in [6, 6.07) is 22.6. The van der Waals surface area contributed by atoms with E-state index in [-0.39, 0.29) is 32.5 Å². The Bertz CT molecular complexity index is 1070. The molecule has 38 heavy (non-hydrogen) atoms. The fourth-order valence-electron chi connectivity index (χ4n) is 7.42. The second-order valence-corrected chi connectivity index (χ2v) is 11.5. The van der Waals surface area contributed by atoms with Gasteiger partial charge in [0.15, 0.2) is 0 Å². The van der Waals surface area contributed by atoms with Gasteiger partial charge in [0.25, 0.3) is 0 Å². The molecule has 3 heterocycles. The van der Waals surface area contributed by atoms with Gasteiger partial charge in [-0.1, -0.05) is 67.1 Å². The summed E-state index contributed by atoms with van der Waals surface area (Å²) < 4.78 is 37.8. The van der Waals surface area contributed by atoms with E-state index in [9.17, 15) is 18.0 Å². The lowest BCUT2D eigenvalue weighted by Gasteiger charge is -2.31. The molecular weight excluding hydrogens is 487 g/mol. The molecule has 0 aromatic heterocycles. The van der Waals surface area contributed by atoms with E-state index in [1.54, 1.807) is 0 Å². The second kappa shape index (κ2) is 11.4. The van der Waals surface area contributed by atoms with E-state index in [0.29, 0.717) is 6.04 Å². The molecule has 6 atom stereocenters. The fourth-order valence-corrected chi connectivity index (χ4v) is 7.42. The first-order chi connectivity index (χ1) is 18.2. The van der Waals surface area contributed by atoms with Crippen molar-refractivity contribution >= 4 is 5.91 Å². The predicted molar refractivity (Wildman–Crippen MR) is 146 cm³/mol. The lowest BCUT2D eigenvalue weighted by molar-refractivity contribution is -0.184. The molecule has 4 fully saturated rings. The van der Waals surface area contributed by atoms with Crippen molar-refractivity contribution in [2.75, 3.05) is 26.2 Å². The van der Waals surface area contributed by atoms with Gasteiger partial charge >= 0.3 is 12.1 Å². The summed E-state index contributed by atoms with van der Waals surface area (Å²) in [7, 11) is 0. The summed E-state index contributed by atoms with van der Waals surface area (Å²) in [6.45, 7) is 7.04. The Morgan fingerprint density at radius 3 is 1.84 bits per heavy atom. The summed E-state index contributed by atoms with van der Waals surface area (Å²) in [5.74, 6) is -0.544. The number of alkyl halides is 3. The van der Waals surface area contributed by atoms with Gasteiger partial charge in [-0.2, -0.15) is 13.2 Å². The maximum atomic E-state index is 12.6. The highest BCUT2D eigenvalue weighted by molar-refractivity contribution is 5.82. The smallest absolute Gasteiger partial charge is 0.333 e. The van der Waals surface area contributed by atoms with Crippen molar-refractivity contribution in [3.8, 4) is 0 Å². The van der Waals surface area contributed by atoms with E-state index >= 15 is 0 Å². The van der Waals surface area contributed by atoms with Crippen LogP contribution >= 0.6 is 0 Å². The maximum absolute atomic E-state index is 12.6. The van der Waals surface area contributed by atoms with Crippen LogP contribution in [-0.4, -0.2) is 65.0 Å². The number of hydrogen-bond donors (Lipinski definition) is 0. The van der Waals surface area contributed by atoms with Crippen LogP contribution in [0.3, 0.4) is 0 Å². The summed E-state index contributed by atoms with van der Waals surface area (Å²) in [6.07, 6.45) is 1.87. The van der Waals surface area contributed by atoms with Crippen LogP contribution in [0, 0.1) is 11.8 Å². The molecule has 2 aromatic carbocycles. The minimum absolute atomic E-state index is 0. The van der Waals surface area contributed by atoms with Gasteiger partial charge in [-0.05, 0) is 75.6 Å². The van der Waals surface area contributed by atoms with Crippen molar-refractivity contribution in [1.29, 1.82) is 0 Å². The molecule has 208 valence electrons. The zero-order chi connectivity index (χ0) is 26.9. The fraction of sp³-hybridized carbons (Fsp3) is 0.581. The van der Waals surface area contributed by atoms with Gasteiger partial charge in [-0.25, -0.2) is 0 Å². The second-order valence-electron chi connectivity index (χ2n) is 11.5. The number of halogens is 3. The molecule has 0 N–H and O–H groups in total. The van der Waals surface area contributed by atoms with E-state index in [0.717, 1.165) is 35.4 Å². The molecule has 0 unspecified atom stereocenters. The van der Waals surface area contributed by atoms with Crippen LogP contribution in [-0.2, 0) is 4.79 Å². The third-order valence-electron chi connectivity index (χ3n) is 9.48. The molecule has 3 saturated heterocycles. The van der Waals surface area contributed by atoms with E-state index in [1.807, 2.05) is 30.3 Å². The molecule has 1 saturated carbocycles. The average Bonchev–Trinajstić information content (AvgIpc) is 3.70. The molecule has 0 bridgehead atoms. The highest BCUT2D eigenvalue weighted by atomic mass is 19.4. The highest BCUT2D eigenvalue weighted by Crippen LogP contribution is 2.42. The Balaban J connectivity index is 0.000000184. The number of carbonyl (C=O) groups is 1. The summed E-state index contributed by atoms with van der Waals surface area (Å²) in [5.41, 5.74) is 2.64. The van der Waals surface area contributed by atoms with Crippen LogP contribution in [0.2, 0.25) is 0 Å². The number of rotatable bonds is 4. The Morgan fingerprint density at radius 2 is 1.29 bits per heavy atom. The van der Waals surface area contributed by atoms with Crippen LogP contribution < -0.4 is 0 Å². The topological polar surface area (TPSA) is 26.8 Å². The molecule has 6 rings (SSSR count). The third kappa shape index (κ3) is 5.64. The Kier molecular flexibility index (Phi) is 8.15. The minimum Gasteiger partial charge on any atom is -0.333 e. The number of carbonyl (C=O) groups excluding carboxylic acids is 1. The molecule has 0 spiro atoms. The summed E-state index contributed by atoms with van der Waals surface area (Å²) in [5, 5.41) is 0. The van der Waals surface area contributed by atoms with Crippen LogP contribution in [0.4, 0.5) is 13.2 Å². The molecule has 7 heteroatoms. The molecule has 3 aliphatic heterocycles.